The van der Waals surface area contributed by atoms with Crippen LogP contribution in [0.4, 0.5) is 5.69 Å². The Morgan fingerprint density at radius 1 is 1.12 bits per heavy atom. The van der Waals surface area contributed by atoms with E-state index >= 15 is 0 Å². The summed E-state index contributed by atoms with van der Waals surface area (Å²) in [5.74, 6) is -1.36. The Kier molecular flexibility index (Phi) is 6.02. The van der Waals surface area contributed by atoms with Crippen molar-refractivity contribution >= 4 is 55.0 Å². The zero-order valence-electron chi connectivity index (χ0n) is 17.9. The molecular formula is C24H21BrN2O5S. The second-order valence-corrected chi connectivity index (χ2v) is 10.7. The van der Waals surface area contributed by atoms with Gasteiger partial charge in [-0.1, -0.05) is 39.7 Å². The third-order valence-corrected chi connectivity index (χ3v) is 7.98. The molecule has 170 valence electrons. The van der Waals surface area contributed by atoms with Crippen LogP contribution in [0.15, 0.2) is 56.7 Å². The molecule has 1 aliphatic heterocycles. The molecule has 3 N–H and O–H groups in total. The minimum absolute atomic E-state index is 0.00593. The van der Waals surface area contributed by atoms with Crippen LogP contribution in [0.5, 0.6) is 0 Å². The van der Waals surface area contributed by atoms with Gasteiger partial charge in [0.05, 0.1) is 21.1 Å². The van der Waals surface area contributed by atoms with Gasteiger partial charge in [-0.2, -0.15) is 0 Å². The number of hydrogen-bond donors (Lipinski definition) is 3. The van der Waals surface area contributed by atoms with E-state index in [1.165, 1.54) is 12.1 Å². The molecule has 0 saturated heterocycles. The summed E-state index contributed by atoms with van der Waals surface area (Å²) in [6, 6.07) is 11.9. The summed E-state index contributed by atoms with van der Waals surface area (Å²) in [4.78, 5) is 27.2. The Hall–Kier alpha value is -3.17. The molecule has 0 aliphatic carbocycles. The van der Waals surface area contributed by atoms with Gasteiger partial charge in [0.2, 0.25) is 9.84 Å². The molecule has 0 saturated carbocycles. The summed E-state index contributed by atoms with van der Waals surface area (Å²) in [6.07, 6.45) is 1.33. The fourth-order valence-electron chi connectivity index (χ4n) is 3.94. The van der Waals surface area contributed by atoms with Crippen LogP contribution in [0.2, 0.25) is 0 Å². The third kappa shape index (κ3) is 4.38. The molecule has 2 heterocycles. The molecular weight excluding hydrogens is 508 g/mol. The number of sulfone groups is 1. The summed E-state index contributed by atoms with van der Waals surface area (Å²) >= 11 is 3.38. The number of aromatic nitrogens is 1. The number of carbonyl (C=O) groups is 2. The number of carboxylic acid groups (broad SMARTS) is 1. The van der Waals surface area contributed by atoms with Gasteiger partial charge in [0, 0.05) is 27.8 Å². The average Bonchev–Trinajstić information content (AvgIpc) is 3.22. The molecule has 7 nitrogen and oxygen atoms in total. The summed E-state index contributed by atoms with van der Waals surface area (Å²) < 4.78 is 27.8. The van der Waals surface area contributed by atoms with E-state index in [0.717, 1.165) is 10.0 Å². The first-order valence-corrected chi connectivity index (χ1v) is 12.4. The Morgan fingerprint density at radius 2 is 1.82 bits per heavy atom. The number of anilines is 1. The monoisotopic (exact) mass is 528 g/mol. The number of H-pyrrole nitrogens is 1. The van der Waals surface area contributed by atoms with Crippen LogP contribution in [-0.2, 0) is 25.8 Å². The summed E-state index contributed by atoms with van der Waals surface area (Å²) in [7, 11) is -3.92. The van der Waals surface area contributed by atoms with Gasteiger partial charge in [0.1, 0.15) is 0 Å². The van der Waals surface area contributed by atoms with Gasteiger partial charge in [-0.05, 0) is 56.2 Å². The lowest BCUT2D eigenvalue weighted by atomic mass is 10.0. The smallest absolute Gasteiger partial charge is 0.303 e. The number of carbonyl (C=O) groups excluding carboxylic acids is 1. The zero-order valence-corrected chi connectivity index (χ0v) is 20.3. The maximum absolute atomic E-state index is 13.5. The average molecular weight is 529 g/mol. The highest BCUT2D eigenvalue weighted by Crippen LogP contribution is 2.37. The van der Waals surface area contributed by atoms with E-state index in [1.807, 2.05) is 13.0 Å². The van der Waals surface area contributed by atoms with Gasteiger partial charge in [0.25, 0.3) is 5.91 Å². The molecule has 9 heteroatoms. The fourth-order valence-corrected chi connectivity index (χ4v) is 6.02. The highest BCUT2D eigenvalue weighted by Gasteiger charge is 2.30. The van der Waals surface area contributed by atoms with Crippen molar-refractivity contribution in [1.29, 1.82) is 0 Å². The standard InChI is InChI=1S/C24H21BrN2O5S/c1-13-3-6-16(7-4-13)33(31,32)23-14(2)26-21(18(23)9-10-22(28)29)12-19-17-8-5-15(25)11-20(17)27-24(19)30/h3-8,11-12,26H,9-10H2,1-2H3,(H,27,30)(H,28,29)/b19-12-. The van der Waals surface area contributed by atoms with Crippen molar-refractivity contribution in [2.45, 2.75) is 36.5 Å². The van der Waals surface area contributed by atoms with Crippen molar-refractivity contribution in [2.24, 2.45) is 0 Å². The summed E-state index contributed by atoms with van der Waals surface area (Å²) in [5, 5.41) is 12.1. The van der Waals surface area contributed by atoms with E-state index in [9.17, 15) is 23.1 Å². The highest BCUT2D eigenvalue weighted by molar-refractivity contribution is 9.10. The number of benzene rings is 2. The summed E-state index contributed by atoms with van der Waals surface area (Å²) in [5.41, 5.74) is 3.76. The first-order chi connectivity index (χ1) is 15.6. The van der Waals surface area contributed by atoms with Crippen molar-refractivity contribution in [3.8, 4) is 0 Å². The largest absolute Gasteiger partial charge is 0.481 e. The van der Waals surface area contributed by atoms with Gasteiger partial charge in [0.15, 0.2) is 0 Å². The van der Waals surface area contributed by atoms with Crippen LogP contribution in [0.25, 0.3) is 11.6 Å². The maximum atomic E-state index is 13.5. The molecule has 1 aromatic heterocycles. The van der Waals surface area contributed by atoms with Crippen LogP contribution in [0, 0.1) is 13.8 Å². The van der Waals surface area contributed by atoms with Crippen LogP contribution < -0.4 is 5.32 Å². The summed E-state index contributed by atoms with van der Waals surface area (Å²) in [6.45, 7) is 3.50. The molecule has 1 amide bonds. The van der Waals surface area contributed by atoms with Crippen molar-refractivity contribution in [3.05, 3.63) is 75.0 Å². The molecule has 0 spiro atoms. The van der Waals surface area contributed by atoms with Crippen molar-refractivity contribution in [1.82, 2.24) is 4.98 Å². The number of halogens is 1. The first kappa shape index (κ1) is 23.0. The molecule has 0 radical (unpaired) electrons. The normalized spacial score (nSPS) is 14.4. The minimum atomic E-state index is -3.92. The number of hydrogen-bond acceptors (Lipinski definition) is 4. The number of nitrogens with one attached hydrogen (secondary N) is 2. The molecule has 33 heavy (non-hydrogen) atoms. The highest BCUT2D eigenvalue weighted by atomic mass is 79.9. The molecule has 0 bridgehead atoms. The van der Waals surface area contributed by atoms with E-state index in [1.54, 1.807) is 37.3 Å². The quantitative estimate of drug-likeness (QED) is 0.399. The second-order valence-electron chi connectivity index (χ2n) is 7.88. The van der Waals surface area contributed by atoms with E-state index < -0.39 is 15.8 Å². The van der Waals surface area contributed by atoms with Crippen molar-refractivity contribution in [2.75, 3.05) is 5.32 Å². The van der Waals surface area contributed by atoms with Gasteiger partial charge in [-0.3, -0.25) is 9.59 Å². The van der Waals surface area contributed by atoms with Gasteiger partial charge in [-0.15, -0.1) is 0 Å². The lowest BCUT2D eigenvalue weighted by Gasteiger charge is -2.09. The van der Waals surface area contributed by atoms with Crippen LogP contribution >= 0.6 is 15.9 Å². The maximum Gasteiger partial charge on any atom is 0.303 e. The molecule has 0 fully saturated rings. The number of aromatic amines is 1. The number of aliphatic carboxylic acids is 1. The Bertz CT molecular complexity index is 1420. The van der Waals surface area contributed by atoms with Gasteiger partial charge >= 0.3 is 5.97 Å². The Morgan fingerprint density at radius 3 is 2.48 bits per heavy atom. The van der Waals surface area contributed by atoms with Gasteiger partial charge < -0.3 is 15.4 Å². The molecule has 3 aromatic rings. The lowest BCUT2D eigenvalue weighted by molar-refractivity contribution is -0.137. The molecule has 4 rings (SSSR count). The third-order valence-electron chi connectivity index (χ3n) is 5.50. The SMILES string of the molecule is Cc1ccc(S(=O)(=O)c2c(C)[nH]c(/C=C3\C(=O)Nc4cc(Br)ccc43)c2CCC(=O)O)cc1. The lowest BCUT2D eigenvalue weighted by Crippen LogP contribution is -2.08. The number of carboxylic acids is 1. The first-order valence-electron chi connectivity index (χ1n) is 10.2. The number of fused-ring (bicyclic) bond motifs is 1. The Balaban J connectivity index is 1.89. The number of amides is 1. The number of aryl methyl sites for hydroxylation is 2. The van der Waals surface area contributed by atoms with Crippen molar-refractivity contribution < 1.29 is 23.1 Å². The number of rotatable bonds is 6. The van der Waals surface area contributed by atoms with Crippen molar-refractivity contribution in [3.63, 3.8) is 0 Å². The molecule has 0 unspecified atom stereocenters. The zero-order chi connectivity index (χ0) is 23.9. The molecule has 0 atom stereocenters. The predicted molar refractivity (Wildman–Crippen MR) is 129 cm³/mol. The second kappa shape index (κ2) is 8.64. The van der Waals surface area contributed by atoms with Gasteiger partial charge in [-0.25, -0.2) is 8.42 Å². The molecule has 1 aliphatic rings. The van der Waals surface area contributed by atoms with Crippen LogP contribution in [0.3, 0.4) is 0 Å². The predicted octanol–water partition coefficient (Wildman–Crippen LogP) is 4.74. The van der Waals surface area contributed by atoms with E-state index in [2.05, 4.69) is 26.2 Å². The van der Waals surface area contributed by atoms with E-state index in [0.29, 0.717) is 33.8 Å². The topological polar surface area (TPSA) is 116 Å². The fraction of sp³-hybridized carbons (Fsp3) is 0.167. The van der Waals surface area contributed by atoms with E-state index in [-0.39, 0.29) is 28.5 Å². The minimum Gasteiger partial charge on any atom is -0.481 e. The van der Waals surface area contributed by atoms with E-state index in [4.69, 9.17) is 0 Å². The van der Waals surface area contributed by atoms with Crippen LogP contribution in [0.1, 0.15) is 34.5 Å². The van der Waals surface area contributed by atoms with Crippen LogP contribution in [-0.4, -0.2) is 30.4 Å². The Labute approximate surface area is 199 Å². The molecule has 2 aromatic carbocycles.